The Morgan fingerprint density at radius 1 is 1.26 bits per heavy atom. The summed E-state index contributed by atoms with van der Waals surface area (Å²) in [6.07, 6.45) is 6.11. The lowest BCUT2D eigenvalue weighted by Gasteiger charge is -2.31. The zero-order chi connectivity index (χ0) is 16.4. The number of anilines is 1. The van der Waals surface area contributed by atoms with Crippen LogP contribution in [0.25, 0.3) is 0 Å². The van der Waals surface area contributed by atoms with Crippen molar-refractivity contribution < 1.29 is 9.59 Å². The fourth-order valence-corrected chi connectivity index (χ4v) is 3.75. The molecule has 4 nitrogen and oxygen atoms in total. The van der Waals surface area contributed by atoms with Gasteiger partial charge in [-0.2, -0.15) is 0 Å². The van der Waals surface area contributed by atoms with Gasteiger partial charge in [0.15, 0.2) is 0 Å². The molecule has 1 aromatic carbocycles. The van der Waals surface area contributed by atoms with Crippen molar-refractivity contribution in [3.63, 3.8) is 0 Å². The van der Waals surface area contributed by atoms with Crippen LogP contribution in [0.15, 0.2) is 18.2 Å². The second-order valence-electron chi connectivity index (χ2n) is 6.69. The molecule has 124 valence electrons. The molecule has 1 aliphatic carbocycles. The zero-order valence-electron chi connectivity index (χ0n) is 13.5. The van der Waals surface area contributed by atoms with Gasteiger partial charge in [-0.25, -0.2) is 0 Å². The molecule has 1 aliphatic heterocycles. The van der Waals surface area contributed by atoms with Crippen molar-refractivity contribution in [3.8, 4) is 0 Å². The van der Waals surface area contributed by atoms with E-state index in [4.69, 9.17) is 11.6 Å². The first kappa shape index (κ1) is 16.3. The predicted octanol–water partition coefficient (Wildman–Crippen LogP) is 3.77. The fraction of sp³-hybridized carbons (Fsp3) is 0.556. The van der Waals surface area contributed by atoms with Gasteiger partial charge in [0, 0.05) is 29.7 Å². The number of carbonyl (C=O) groups is 2. The molecule has 0 bridgehead atoms. The Morgan fingerprint density at radius 3 is 2.70 bits per heavy atom. The van der Waals surface area contributed by atoms with Crippen molar-refractivity contribution in [3.05, 3.63) is 28.8 Å². The molecule has 1 N–H and O–H groups in total. The molecule has 1 heterocycles. The number of halogens is 1. The lowest BCUT2D eigenvalue weighted by atomic mass is 9.94. The Labute approximate surface area is 142 Å². The van der Waals surface area contributed by atoms with Gasteiger partial charge in [0.05, 0.1) is 5.92 Å². The summed E-state index contributed by atoms with van der Waals surface area (Å²) in [5, 5.41) is 3.53. The molecule has 1 saturated heterocycles. The molecule has 2 fully saturated rings. The summed E-state index contributed by atoms with van der Waals surface area (Å²) in [6.45, 7) is 2.47. The van der Waals surface area contributed by atoms with Crippen molar-refractivity contribution in [1.82, 2.24) is 4.90 Å². The normalized spacial score (nSPS) is 22.4. The third kappa shape index (κ3) is 3.69. The summed E-state index contributed by atoms with van der Waals surface area (Å²) in [7, 11) is 0. The van der Waals surface area contributed by atoms with E-state index in [0.717, 1.165) is 18.4 Å². The van der Waals surface area contributed by atoms with E-state index in [-0.39, 0.29) is 17.7 Å². The molecule has 0 radical (unpaired) electrons. The van der Waals surface area contributed by atoms with Crippen LogP contribution in [0, 0.1) is 12.8 Å². The number of likely N-dealkylation sites (tertiary alicyclic amines) is 1. The van der Waals surface area contributed by atoms with Crippen LogP contribution in [0.4, 0.5) is 5.69 Å². The van der Waals surface area contributed by atoms with Gasteiger partial charge in [-0.05, 0) is 37.5 Å². The van der Waals surface area contributed by atoms with Crippen LogP contribution in [0.1, 0.15) is 44.1 Å². The number of rotatable bonds is 3. The molecule has 0 spiro atoms. The number of hydrogen-bond acceptors (Lipinski definition) is 2. The SMILES string of the molecule is Cc1ccc(NC(=O)C2CC(=O)N(C3CCCCC3)C2)cc1Cl. The second-order valence-corrected chi connectivity index (χ2v) is 7.10. The molecule has 2 aliphatic rings. The number of nitrogens with one attached hydrogen (secondary N) is 1. The number of aryl methyl sites for hydroxylation is 1. The first-order valence-corrected chi connectivity index (χ1v) is 8.79. The minimum absolute atomic E-state index is 0.0865. The first-order chi connectivity index (χ1) is 11.0. The number of carbonyl (C=O) groups excluding carboxylic acids is 2. The van der Waals surface area contributed by atoms with E-state index in [1.54, 1.807) is 6.07 Å². The third-order valence-corrected chi connectivity index (χ3v) is 5.39. The van der Waals surface area contributed by atoms with E-state index in [9.17, 15) is 9.59 Å². The van der Waals surface area contributed by atoms with Crippen LogP contribution >= 0.6 is 11.6 Å². The summed E-state index contributed by atoms with van der Waals surface area (Å²) in [5.74, 6) is -0.222. The Morgan fingerprint density at radius 2 is 2.00 bits per heavy atom. The summed E-state index contributed by atoms with van der Waals surface area (Å²) in [4.78, 5) is 26.7. The van der Waals surface area contributed by atoms with Gasteiger partial charge in [0.2, 0.25) is 11.8 Å². The minimum Gasteiger partial charge on any atom is -0.339 e. The van der Waals surface area contributed by atoms with Crippen LogP contribution in [0.3, 0.4) is 0 Å². The van der Waals surface area contributed by atoms with E-state index < -0.39 is 0 Å². The van der Waals surface area contributed by atoms with Crippen molar-refractivity contribution in [1.29, 1.82) is 0 Å². The van der Waals surface area contributed by atoms with Gasteiger partial charge >= 0.3 is 0 Å². The first-order valence-electron chi connectivity index (χ1n) is 8.41. The molecule has 0 aromatic heterocycles. The van der Waals surface area contributed by atoms with E-state index in [0.29, 0.717) is 29.7 Å². The average molecular weight is 335 g/mol. The number of hydrogen-bond donors (Lipinski definition) is 1. The van der Waals surface area contributed by atoms with Crippen LogP contribution < -0.4 is 5.32 Å². The van der Waals surface area contributed by atoms with Gasteiger partial charge in [0.1, 0.15) is 0 Å². The highest BCUT2D eigenvalue weighted by molar-refractivity contribution is 6.31. The molecule has 1 atom stereocenters. The Balaban J connectivity index is 1.61. The standard InChI is InChI=1S/C18H23ClN2O2/c1-12-7-8-14(10-16(12)19)20-18(23)13-9-17(22)21(11-13)15-5-3-2-4-6-15/h7-8,10,13,15H,2-6,9,11H2,1H3,(H,20,23). The molecular weight excluding hydrogens is 312 g/mol. The van der Waals surface area contributed by atoms with Gasteiger partial charge in [-0.3, -0.25) is 9.59 Å². The van der Waals surface area contributed by atoms with Crippen molar-refractivity contribution in [2.24, 2.45) is 5.92 Å². The van der Waals surface area contributed by atoms with Crippen LogP contribution in [-0.4, -0.2) is 29.3 Å². The van der Waals surface area contributed by atoms with E-state index in [1.165, 1.54) is 19.3 Å². The van der Waals surface area contributed by atoms with E-state index in [1.807, 2.05) is 24.0 Å². The molecule has 1 unspecified atom stereocenters. The number of benzene rings is 1. The smallest absolute Gasteiger partial charge is 0.229 e. The highest BCUT2D eigenvalue weighted by atomic mass is 35.5. The summed E-state index contributed by atoms with van der Waals surface area (Å²) in [5.41, 5.74) is 1.67. The molecule has 2 amide bonds. The van der Waals surface area contributed by atoms with Crippen LogP contribution in [0.5, 0.6) is 0 Å². The molecule has 3 rings (SSSR count). The Hall–Kier alpha value is -1.55. The molecular formula is C18H23ClN2O2. The summed E-state index contributed by atoms with van der Waals surface area (Å²) < 4.78 is 0. The highest BCUT2D eigenvalue weighted by Crippen LogP contribution is 2.29. The topological polar surface area (TPSA) is 49.4 Å². The van der Waals surface area contributed by atoms with Crippen LogP contribution in [-0.2, 0) is 9.59 Å². The number of amides is 2. The predicted molar refractivity (Wildman–Crippen MR) is 91.5 cm³/mol. The fourth-order valence-electron chi connectivity index (χ4n) is 3.57. The van der Waals surface area contributed by atoms with E-state index in [2.05, 4.69) is 5.32 Å². The maximum absolute atomic E-state index is 12.5. The Bertz CT molecular complexity index is 611. The zero-order valence-corrected chi connectivity index (χ0v) is 14.2. The third-order valence-electron chi connectivity index (χ3n) is 4.98. The van der Waals surface area contributed by atoms with E-state index >= 15 is 0 Å². The molecule has 1 aromatic rings. The quantitative estimate of drug-likeness (QED) is 0.914. The average Bonchev–Trinajstić information content (AvgIpc) is 2.94. The maximum Gasteiger partial charge on any atom is 0.229 e. The monoisotopic (exact) mass is 334 g/mol. The number of nitrogens with zero attached hydrogens (tertiary/aromatic N) is 1. The lowest BCUT2D eigenvalue weighted by Crippen LogP contribution is -2.38. The van der Waals surface area contributed by atoms with Gasteiger partial charge in [0.25, 0.3) is 0 Å². The summed E-state index contributed by atoms with van der Waals surface area (Å²) in [6, 6.07) is 5.81. The second kappa shape index (κ2) is 6.91. The van der Waals surface area contributed by atoms with Gasteiger partial charge in [-0.1, -0.05) is 36.9 Å². The van der Waals surface area contributed by atoms with Gasteiger partial charge < -0.3 is 10.2 Å². The lowest BCUT2D eigenvalue weighted by molar-refractivity contribution is -0.130. The van der Waals surface area contributed by atoms with Gasteiger partial charge in [-0.15, -0.1) is 0 Å². The van der Waals surface area contributed by atoms with Crippen molar-refractivity contribution >= 4 is 29.1 Å². The van der Waals surface area contributed by atoms with Crippen molar-refractivity contribution in [2.45, 2.75) is 51.5 Å². The van der Waals surface area contributed by atoms with Crippen molar-refractivity contribution in [2.75, 3.05) is 11.9 Å². The molecule has 5 heteroatoms. The maximum atomic E-state index is 12.5. The highest BCUT2D eigenvalue weighted by Gasteiger charge is 2.38. The summed E-state index contributed by atoms with van der Waals surface area (Å²) >= 11 is 6.09. The molecule has 23 heavy (non-hydrogen) atoms. The minimum atomic E-state index is -0.260. The largest absolute Gasteiger partial charge is 0.339 e. The van der Waals surface area contributed by atoms with Crippen LogP contribution in [0.2, 0.25) is 5.02 Å². The molecule has 1 saturated carbocycles. The Kier molecular flexibility index (Phi) is 4.90.